The predicted molar refractivity (Wildman–Crippen MR) is 146 cm³/mol. The Hall–Kier alpha value is -1.64. The summed E-state index contributed by atoms with van der Waals surface area (Å²) in [4.78, 5) is 16.8. The third-order valence-corrected chi connectivity index (χ3v) is 11.4. The van der Waals surface area contributed by atoms with E-state index in [0.29, 0.717) is 16.5 Å². The molecule has 3 fully saturated rings. The molecule has 36 heavy (non-hydrogen) atoms. The number of ether oxygens (including phenoxy) is 1. The number of carbonyl (C=O) groups excluding carboxylic acids is 1. The van der Waals surface area contributed by atoms with E-state index in [1.54, 1.807) is 17.8 Å². The lowest BCUT2D eigenvalue weighted by molar-refractivity contribution is -0.0595. The molecule has 0 amide bonds. The molecule has 0 bridgehead atoms. The molecule has 1 aromatic heterocycles. The molecule has 0 N–H and O–H groups in total. The molecule has 0 spiro atoms. The molecule has 1 heterocycles. The second kappa shape index (κ2) is 10.3. The number of aromatic nitrogens is 1. The lowest BCUT2D eigenvalue weighted by Crippen LogP contribution is -2.51. The van der Waals surface area contributed by atoms with E-state index in [2.05, 4.69) is 45.7 Å². The Morgan fingerprint density at radius 2 is 1.89 bits per heavy atom. The number of hydrogen-bond acceptors (Lipinski definition) is 3. The second-order valence-electron chi connectivity index (χ2n) is 13.8. The van der Waals surface area contributed by atoms with Crippen LogP contribution in [0.3, 0.4) is 0 Å². The maximum atomic E-state index is 12.6. The molecule has 1 aromatic rings. The number of pyridine rings is 1. The molecular weight excluding hydrogens is 442 g/mol. The third kappa shape index (κ3) is 4.69. The van der Waals surface area contributed by atoms with Gasteiger partial charge in [0.1, 0.15) is 11.8 Å². The second-order valence-corrected chi connectivity index (χ2v) is 13.8. The molecule has 0 aromatic carbocycles. The van der Waals surface area contributed by atoms with Crippen molar-refractivity contribution >= 4 is 5.97 Å². The molecule has 3 heteroatoms. The van der Waals surface area contributed by atoms with Gasteiger partial charge >= 0.3 is 5.97 Å². The number of nitrogens with zero attached hydrogens (tertiary/aromatic N) is 1. The Labute approximate surface area is 219 Å². The van der Waals surface area contributed by atoms with Crippen molar-refractivity contribution in [3.8, 4) is 0 Å². The van der Waals surface area contributed by atoms with Crippen LogP contribution >= 0.6 is 0 Å². The van der Waals surface area contributed by atoms with E-state index in [4.69, 9.17) is 4.74 Å². The van der Waals surface area contributed by atoms with E-state index in [1.807, 2.05) is 12.1 Å². The summed E-state index contributed by atoms with van der Waals surface area (Å²) in [5, 5.41) is 0. The molecule has 0 saturated heterocycles. The SMILES string of the molecule is CC(C)CCC[C@@H](C)[C@H]1CC[C@H]2[C@@H]3CC=C4C[C@@H](OC(=O)c5ccccn5)CC[C@]4(C)[C@H]3CC[C@]12C. The number of esters is 1. The van der Waals surface area contributed by atoms with Crippen molar-refractivity contribution in [2.24, 2.45) is 46.3 Å². The fraction of sp³-hybridized carbons (Fsp3) is 0.758. The van der Waals surface area contributed by atoms with Crippen molar-refractivity contribution in [3.63, 3.8) is 0 Å². The van der Waals surface area contributed by atoms with Crippen molar-refractivity contribution < 1.29 is 9.53 Å². The zero-order chi connectivity index (χ0) is 25.5. The number of rotatable bonds is 7. The van der Waals surface area contributed by atoms with Gasteiger partial charge < -0.3 is 4.74 Å². The Bertz CT molecular complexity index is 954. The summed E-state index contributed by atoms with van der Waals surface area (Å²) in [7, 11) is 0. The van der Waals surface area contributed by atoms with E-state index >= 15 is 0 Å². The van der Waals surface area contributed by atoms with Gasteiger partial charge in [-0.1, -0.05) is 71.6 Å². The van der Waals surface area contributed by atoms with Crippen molar-refractivity contribution in [2.75, 3.05) is 0 Å². The van der Waals surface area contributed by atoms with Crippen LogP contribution in [0.1, 0.15) is 116 Å². The summed E-state index contributed by atoms with van der Waals surface area (Å²) in [5.41, 5.74) is 2.83. The lowest BCUT2D eigenvalue weighted by Gasteiger charge is -2.58. The van der Waals surface area contributed by atoms with Gasteiger partial charge in [-0.15, -0.1) is 0 Å². The predicted octanol–water partition coefficient (Wildman–Crippen LogP) is 8.65. The average molecular weight is 492 g/mol. The highest BCUT2D eigenvalue weighted by Crippen LogP contribution is 2.67. The monoisotopic (exact) mass is 491 g/mol. The van der Waals surface area contributed by atoms with Gasteiger partial charge in [-0.05, 0) is 103 Å². The van der Waals surface area contributed by atoms with Crippen LogP contribution in [-0.4, -0.2) is 17.1 Å². The highest BCUT2D eigenvalue weighted by molar-refractivity contribution is 5.87. The van der Waals surface area contributed by atoms with Crippen LogP contribution in [0.5, 0.6) is 0 Å². The van der Waals surface area contributed by atoms with Crippen LogP contribution in [0.2, 0.25) is 0 Å². The van der Waals surface area contributed by atoms with Crippen LogP contribution in [0.4, 0.5) is 0 Å². The number of carbonyl (C=O) groups is 1. The highest BCUT2D eigenvalue weighted by atomic mass is 16.5. The lowest BCUT2D eigenvalue weighted by atomic mass is 9.47. The van der Waals surface area contributed by atoms with E-state index in [1.165, 1.54) is 51.4 Å². The fourth-order valence-electron chi connectivity index (χ4n) is 9.45. The van der Waals surface area contributed by atoms with E-state index in [-0.39, 0.29) is 12.1 Å². The Balaban J connectivity index is 1.25. The highest BCUT2D eigenvalue weighted by Gasteiger charge is 2.59. The van der Waals surface area contributed by atoms with Gasteiger partial charge in [0.25, 0.3) is 0 Å². The molecule has 4 aliphatic rings. The van der Waals surface area contributed by atoms with Gasteiger partial charge in [0.15, 0.2) is 0 Å². The summed E-state index contributed by atoms with van der Waals surface area (Å²) in [6.45, 7) is 12.5. The first-order valence-corrected chi connectivity index (χ1v) is 15.0. The Morgan fingerprint density at radius 3 is 2.64 bits per heavy atom. The van der Waals surface area contributed by atoms with Gasteiger partial charge in [-0.25, -0.2) is 9.78 Å². The van der Waals surface area contributed by atoms with Crippen molar-refractivity contribution in [1.29, 1.82) is 0 Å². The molecule has 3 nitrogen and oxygen atoms in total. The van der Waals surface area contributed by atoms with Gasteiger partial charge in [0.2, 0.25) is 0 Å². The van der Waals surface area contributed by atoms with Crippen molar-refractivity contribution in [3.05, 3.63) is 41.7 Å². The standard InChI is InChI=1S/C33H49NO2/c1-22(2)9-8-10-23(3)27-14-15-28-26-13-12-24-21-25(36-31(35)30-11-6-7-20-34-30)16-18-32(24,4)29(26)17-19-33(27,28)5/h6-7,11-12,20,22-23,25-29H,8-10,13-19,21H2,1-5H3/t23-,25+,26+,27-,28+,29+,32+,33-/m1/s1. The molecule has 8 atom stereocenters. The summed E-state index contributed by atoms with van der Waals surface area (Å²) in [5.74, 6) is 4.88. The first kappa shape index (κ1) is 26.0. The third-order valence-electron chi connectivity index (χ3n) is 11.4. The molecule has 0 unspecified atom stereocenters. The Morgan fingerprint density at radius 1 is 1.06 bits per heavy atom. The minimum absolute atomic E-state index is 0.00760. The summed E-state index contributed by atoms with van der Waals surface area (Å²) < 4.78 is 5.94. The van der Waals surface area contributed by atoms with Crippen LogP contribution in [-0.2, 0) is 4.74 Å². The summed E-state index contributed by atoms with van der Waals surface area (Å²) >= 11 is 0. The molecule has 4 aliphatic carbocycles. The molecule has 5 rings (SSSR count). The van der Waals surface area contributed by atoms with Crippen LogP contribution < -0.4 is 0 Å². The quantitative estimate of drug-likeness (QED) is 0.283. The van der Waals surface area contributed by atoms with Crippen LogP contribution in [0.25, 0.3) is 0 Å². The molecule has 0 aliphatic heterocycles. The zero-order valence-electron chi connectivity index (χ0n) is 23.5. The fourth-order valence-corrected chi connectivity index (χ4v) is 9.45. The van der Waals surface area contributed by atoms with Crippen molar-refractivity contribution in [2.45, 2.75) is 111 Å². The molecule has 3 saturated carbocycles. The van der Waals surface area contributed by atoms with E-state index < -0.39 is 0 Å². The van der Waals surface area contributed by atoms with Gasteiger partial charge in [-0.2, -0.15) is 0 Å². The smallest absolute Gasteiger partial charge is 0.357 e. The minimum atomic E-state index is -0.272. The van der Waals surface area contributed by atoms with Crippen LogP contribution in [0, 0.1) is 46.3 Å². The maximum Gasteiger partial charge on any atom is 0.357 e. The first-order chi connectivity index (χ1) is 17.2. The number of fused-ring (bicyclic) bond motifs is 5. The normalized spacial score (nSPS) is 38.5. The van der Waals surface area contributed by atoms with E-state index in [9.17, 15) is 4.79 Å². The number of hydrogen-bond donors (Lipinski definition) is 0. The van der Waals surface area contributed by atoms with Gasteiger partial charge in [0.05, 0.1) is 0 Å². The minimum Gasteiger partial charge on any atom is -0.457 e. The zero-order valence-corrected chi connectivity index (χ0v) is 23.5. The van der Waals surface area contributed by atoms with E-state index in [0.717, 1.165) is 54.8 Å². The molecule has 0 radical (unpaired) electrons. The number of allylic oxidation sites excluding steroid dienone is 1. The van der Waals surface area contributed by atoms with Crippen molar-refractivity contribution in [1.82, 2.24) is 4.98 Å². The summed E-state index contributed by atoms with van der Waals surface area (Å²) in [6.07, 6.45) is 18.4. The summed E-state index contributed by atoms with van der Waals surface area (Å²) in [6, 6.07) is 5.43. The molecule has 198 valence electrons. The van der Waals surface area contributed by atoms with Gasteiger partial charge in [-0.3, -0.25) is 0 Å². The topological polar surface area (TPSA) is 39.2 Å². The average Bonchev–Trinajstić information content (AvgIpc) is 3.22. The van der Waals surface area contributed by atoms with Crippen LogP contribution in [0.15, 0.2) is 36.0 Å². The maximum absolute atomic E-state index is 12.6. The largest absolute Gasteiger partial charge is 0.457 e. The molecular formula is C33H49NO2. The first-order valence-electron chi connectivity index (χ1n) is 15.0. The van der Waals surface area contributed by atoms with Gasteiger partial charge in [0, 0.05) is 12.6 Å². The Kier molecular flexibility index (Phi) is 7.40.